The summed E-state index contributed by atoms with van der Waals surface area (Å²) in [6.07, 6.45) is -0.227. The SMILES string of the molecule is COCCOCCN1CCO[C@H](CNc2ccc(S(=O)(=O)NC(=O)c3cccc(N4CCNCC4)c3C)cc2[N+](=O)[O-])C1. The average Bonchev–Trinajstić information content (AvgIpc) is 3.00. The number of nitrogens with zero attached hydrogens (tertiary/aromatic N) is 3. The number of piperazine rings is 1. The molecule has 2 aliphatic rings. The molecule has 2 heterocycles. The molecule has 236 valence electrons. The summed E-state index contributed by atoms with van der Waals surface area (Å²) in [5, 5.41) is 18.2. The van der Waals surface area contributed by atoms with E-state index in [0.717, 1.165) is 51.0 Å². The second-order valence-corrected chi connectivity index (χ2v) is 12.0. The predicted octanol–water partition coefficient (Wildman–Crippen LogP) is 1.21. The van der Waals surface area contributed by atoms with Gasteiger partial charge in [0.1, 0.15) is 5.69 Å². The van der Waals surface area contributed by atoms with Gasteiger partial charge in [0.25, 0.3) is 21.6 Å². The van der Waals surface area contributed by atoms with Crippen molar-refractivity contribution in [3.05, 3.63) is 57.6 Å². The van der Waals surface area contributed by atoms with Gasteiger partial charge in [-0.05, 0) is 36.8 Å². The minimum absolute atomic E-state index is 0.151. The number of nitro benzene ring substituents is 1. The van der Waals surface area contributed by atoms with Crippen LogP contribution in [0.5, 0.6) is 0 Å². The van der Waals surface area contributed by atoms with E-state index in [2.05, 4.69) is 25.2 Å². The smallest absolute Gasteiger partial charge is 0.293 e. The molecule has 0 aliphatic carbocycles. The Labute approximate surface area is 251 Å². The maximum absolute atomic E-state index is 13.1. The van der Waals surface area contributed by atoms with E-state index in [1.807, 2.05) is 6.07 Å². The first-order chi connectivity index (χ1) is 20.7. The molecule has 43 heavy (non-hydrogen) atoms. The summed E-state index contributed by atoms with van der Waals surface area (Å²) in [5.74, 6) is -0.803. The lowest BCUT2D eigenvalue weighted by Gasteiger charge is -2.33. The number of morpholine rings is 1. The van der Waals surface area contributed by atoms with Crippen molar-refractivity contribution in [1.82, 2.24) is 14.9 Å². The van der Waals surface area contributed by atoms with Gasteiger partial charge in [0.15, 0.2) is 0 Å². The number of ether oxygens (including phenoxy) is 3. The van der Waals surface area contributed by atoms with Crippen LogP contribution < -0.4 is 20.3 Å². The van der Waals surface area contributed by atoms with Crippen LogP contribution in [0.25, 0.3) is 0 Å². The topological polar surface area (TPSA) is 165 Å². The summed E-state index contributed by atoms with van der Waals surface area (Å²) in [7, 11) is -2.78. The van der Waals surface area contributed by atoms with E-state index in [-0.39, 0.29) is 28.8 Å². The molecule has 4 rings (SSSR count). The van der Waals surface area contributed by atoms with Crippen LogP contribution in [0.1, 0.15) is 15.9 Å². The molecule has 14 nitrogen and oxygen atoms in total. The second kappa shape index (κ2) is 15.4. The van der Waals surface area contributed by atoms with Crippen molar-refractivity contribution >= 4 is 33.0 Å². The van der Waals surface area contributed by atoms with Crippen LogP contribution in [0.2, 0.25) is 0 Å². The van der Waals surface area contributed by atoms with E-state index in [4.69, 9.17) is 14.2 Å². The summed E-state index contributed by atoms with van der Waals surface area (Å²) in [4.78, 5) is 28.3. The van der Waals surface area contributed by atoms with Crippen molar-refractivity contribution in [2.24, 2.45) is 0 Å². The number of anilines is 2. The summed E-state index contributed by atoms with van der Waals surface area (Å²) in [5.41, 5.74) is 1.46. The Morgan fingerprint density at radius 2 is 1.95 bits per heavy atom. The Balaban J connectivity index is 1.39. The Kier molecular flexibility index (Phi) is 11.7. The number of nitrogens with one attached hydrogen (secondary N) is 3. The van der Waals surface area contributed by atoms with Gasteiger partial charge in [0, 0.05) is 76.8 Å². The van der Waals surface area contributed by atoms with Crippen molar-refractivity contribution in [2.45, 2.75) is 17.9 Å². The fourth-order valence-corrected chi connectivity index (χ4v) is 6.09. The van der Waals surface area contributed by atoms with Crippen LogP contribution in [0.15, 0.2) is 41.3 Å². The minimum Gasteiger partial charge on any atom is -0.382 e. The Bertz CT molecular complexity index is 1370. The van der Waals surface area contributed by atoms with Gasteiger partial charge in [-0.3, -0.25) is 19.8 Å². The Morgan fingerprint density at radius 3 is 2.70 bits per heavy atom. The summed E-state index contributed by atoms with van der Waals surface area (Å²) < 4.78 is 44.7. The van der Waals surface area contributed by atoms with Crippen molar-refractivity contribution in [2.75, 3.05) is 96.1 Å². The zero-order valence-corrected chi connectivity index (χ0v) is 25.4. The zero-order valence-electron chi connectivity index (χ0n) is 24.5. The highest BCUT2D eigenvalue weighted by Crippen LogP contribution is 2.29. The van der Waals surface area contributed by atoms with E-state index in [0.29, 0.717) is 38.5 Å². The molecular formula is C28H40N6O8S. The number of amides is 1. The van der Waals surface area contributed by atoms with Gasteiger partial charge in [-0.15, -0.1) is 0 Å². The van der Waals surface area contributed by atoms with Crippen molar-refractivity contribution in [1.29, 1.82) is 0 Å². The third-order valence-corrected chi connectivity index (χ3v) is 8.77. The monoisotopic (exact) mass is 620 g/mol. The lowest BCUT2D eigenvalue weighted by atomic mass is 10.0. The molecule has 15 heteroatoms. The highest BCUT2D eigenvalue weighted by Gasteiger charge is 2.26. The molecule has 2 aromatic carbocycles. The predicted molar refractivity (Wildman–Crippen MR) is 161 cm³/mol. The number of hydrogen-bond acceptors (Lipinski definition) is 12. The van der Waals surface area contributed by atoms with Crippen LogP contribution >= 0.6 is 0 Å². The van der Waals surface area contributed by atoms with Crippen molar-refractivity contribution < 1.29 is 32.3 Å². The minimum atomic E-state index is -4.40. The lowest BCUT2D eigenvalue weighted by molar-refractivity contribution is -0.384. The number of nitro groups is 1. The molecule has 0 radical (unpaired) electrons. The highest BCUT2D eigenvalue weighted by molar-refractivity contribution is 7.90. The van der Waals surface area contributed by atoms with Crippen molar-refractivity contribution in [3.8, 4) is 0 Å². The Hall–Kier alpha value is -3.34. The molecule has 0 spiro atoms. The summed E-state index contributed by atoms with van der Waals surface area (Å²) in [6.45, 7) is 9.43. The third kappa shape index (κ3) is 8.84. The quantitative estimate of drug-likeness (QED) is 0.157. The normalized spacial score (nSPS) is 17.9. The zero-order chi connectivity index (χ0) is 30.8. The maximum atomic E-state index is 13.1. The molecule has 0 unspecified atom stereocenters. The summed E-state index contributed by atoms with van der Waals surface area (Å²) in [6, 6.07) is 8.69. The fourth-order valence-electron chi connectivity index (χ4n) is 5.10. The van der Waals surface area contributed by atoms with Crippen LogP contribution in [-0.4, -0.2) is 116 Å². The van der Waals surface area contributed by atoms with E-state index in [1.165, 1.54) is 12.1 Å². The number of benzene rings is 2. The number of carbonyl (C=O) groups is 1. The van der Waals surface area contributed by atoms with Gasteiger partial charge < -0.3 is 29.7 Å². The number of carbonyl (C=O) groups excluding carboxylic acids is 1. The van der Waals surface area contributed by atoms with Crippen LogP contribution in [0.4, 0.5) is 17.1 Å². The second-order valence-electron chi connectivity index (χ2n) is 10.3. The van der Waals surface area contributed by atoms with Crippen molar-refractivity contribution in [3.63, 3.8) is 0 Å². The molecule has 1 atom stereocenters. The molecule has 0 aromatic heterocycles. The van der Waals surface area contributed by atoms with E-state index >= 15 is 0 Å². The molecule has 0 saturated carbocycles. The van der Waals surface area contributed by atoms with Gasteiger partial charge in [-0.2, -0.15) is 0 Å². The number of rotatable bonds is 14. The van der Waals surface area contributed by atoms with Crippen LogP contribution in [-0.2, 0) is 24.2 Å². The third-order valence-electron chi connectivity index (χ3n) is 7.44. The Morgan fingerprint density at radius 1 is 1.16 bits per heavy atom. The van der Waals surface area contributed by atoms with Gasteiger partial charge in [0.2, 0.25) is 0 Å². The molecule has 3 N–H and O–H groups in total. The first-order valence-electron chi connectivity index (χ1n) is 14.2. The van der Waals surface area contributed by atoms with E-state index < -0.39 is 26.5 Å². The van der Waals surface area contributed by atoms with Gasteiger partial charge in [-0.1, -0.05) is 6.07 Å². The largest absolute Gasteiger partial charge is 0.382 e. The molecule has 2 saturated heterocycles. The van der Waals surface area contributed by atoms with E-state index in [9.17, 15) is 23.3 Å². The van der Waals surface area contributed by atoms with E-state index in [1.54, 1.807) is 26.2 Å². The molecule has 2 fully saturated rings. The van der Waals surface area contributed by atoms with Gasteiger partial charge in [0.05, 0.1) is 42.4 Å². The molecule has 1 amide bonds. The average molecular weight is 621 g/mol. The number of methoxy groups -OCH3 is 1. The van der Waals surface area contributed by atoms with Gasteiger partial charge >= 0.3 is 0 Å². The first kappa shape index (κ1) is 32.6. The fraction of sp³-hybridized carbons (Fsp3) is 0.536. The molecule has 0 bridgehead atoms. The number of hydrogen-bond donors (Lipinski definition) is 3. The highest BCUT2D eigenvalue weighted by atomic mass is 32.2. The number of sulfonamides is 1. The van der Waals surface area contributed by atoms with Crippen LogP contribution in [0, 0.1) is 17.0 Å². The first-order valence-corrected chi connectivity index (χ1v) is 15.7. The molecule has 2 aliphatic heterocycles. The standard InChI is InChI=1S/C28H40N6O8S/c1-21-24(4-3-5-26(21)33-10-8-29-9-11-33)28(35)31-43(38,39)23-6-7-25(27(18-23)34(36)37)30-19-22-20-32(13-15-42-22)12-14-41-17-16-40-2/h3-7,18,22,29-30H,8-17,19-20H2,1-2H3,(H,31,35)/t22-/m1/s1. The maximum Gasteiger partial charge on any atom is 0.293 e. The summed E-state index contributed by atoms with van der Waals surface area (Å²) >= 11 is 0. The van der Waals surface area contributed by atoms with Gasteiger partial charge in [-0.25, -0.2) is 13.1 Å². The lowest BCUT2D eigenvalue weighted by Crippen LogP contribution is -2.46. The van der Waals surface area contributed by atoms with Crippen LogP contribution in [0.3, 0.4) is 0 Å². The molecular weight excluding hydrogens is 580 g/mol. The molecule has 2 aromatic rings.